The molecule has 0 bridgehead atoms. The van der Waals surface area contributed by atoms with Crippen molar-refractivity contribution in [3.8, 4) is 0 Å². The minimum atomic E-state index is -3.00. The van der Waals surface area contributed by atoms with Crippen LogP contribution >= 0.6 is 0 Å². The molecule has 140 valence electrons. The molecule has 2 atom stereocenters. The summed E-state index contributed by atoms with van der Waals surface area (Å²) in [6.45, 7) is 3.30. The molecule has 2 heterocycles. The van der Waals surface area contributed by atoms with Crippen molar-refractivity contribution < 1.29 is 13.2 Å². The number of nitrogens with zero attached hydrogens (tertiary/aromatic N) is 3. The van der Waals surface area contributed by atoms with Gasteiger partial charge in [0.2, 0.25) is 5.91 Å². The number of nitrogens with one attached hydrogen (secondary N) is 1. The van der Waals surface area contributed by atoms with Crippen molar-refractivity contribution in [2.45, 2.75) is 25.6 Å². The van der Waals surface area contributed by atoms with E-state index in [1.54, 1.807) is 12.5 Å². The molecule has 1 aromatic carbocycles. The number of sulfone groups is 1. The number of rotatable bonds is 6. The van der Waals surface area contributed by atoms with Crippen LogP contribution in [0.2, 0.25) is 0 Å². The van der Waals surface area contributed by atoms with Gasteiger partial charge < -0.3 is 9.88 Å². The molecule has 2 unspecified atom stereocenters. The molecule has 1 saturated heterocycles. The number of amides is 1. The van der Waals surface area contributed by atoms with E-state index in [1.807, 2.05) is 52.9 Å². The molecule has 1 amide bonds. The monoisotopic (exact) mass is 376 g/mol. The van der Waals surface area contributed by atoms with Crippen LogP contribution in [-0.2, 0) is 21.2 Å². The van der Waals surface area contributed by atoms with Crippen molar-refractivity contribution >= 4 is 15.7 Å². The largest absolute Gasteiger partial charge is 0.350 e. The Kier molecular flexibility index (Phi) is 5.73. The molecular weight excluding hydrogens is 352 g/mol. The molecule has 1 N–H and O–H groups in total. The van der Waals surface area contributed by atoms with Gasteiger partial charge in [0.05, 0.1) is 17.8 Å². The van der Waals surface area contributed by atoms with Crippen LogP contribution in [0.15, 0.2) is 49.1 Å². The lowest BCUT2D eigenvalue weighted by molar-refractivity contribution is -0.127. The van der Waals surface area contributed by atoms with E-state index >= 15 is 0 Å². The van der Waals surface area contributed by atoms with Crippen molar-refractivity contribution in [3.05, 3.63) is 54.6 Å². The average Bonchev–Trinajstić information content (AvgIpc) is 3.10. The van der Waals surface area contributed by atoms with Gasteiger partial charge in [-0.1, -0.05) is 30.3 Å². The molecule has 3 rings (SSSR count). The first kappa shape index (κ1) is 18.6. The third-order valence-corrected chi connectivity index (χ3v) is 6.15. The molecule has 8 heteroatoms. The second-order valence-electron chi connectivity index (χ2n) is 6.67. The Morgan fingerprint density at radius 3 is 2.54 bits per heavy atom. The van der Waals surface area contributed by atoms with Crippen LogP contribution in [0, 0.1) is 0 Å². The highest BCUT2D eigenvalue weighted by atomic mass is 32.2. The van der Waals surface area contributed by atoms with Crippen LogP contribution in [0.25, 0.3) is 0 Å². The Morgan fingerprint density at radius 1 is 1.23 bits per heavy atom. The summed E-state index contributed by atoms with van der Waals surface area (Å²) in [5.41, 5.74) is 0.874. The minimum Gasteiger partial charge on any atom is -0.350 e. The van der Waals surface area contributed by atoms with E-state index < -0.39 is 15.9 Å². The summed E-state index contributed by atoms with van der Waals surface area (Å²) in [6.07, 6.45) is 5.27. The molecule has 1 fully saturated rings. The Hall–Kier alpha value is -2.19. The van der Waals surface area contributed by atoms with Gasteiger partial charge in [0.25, 0.3) is 0 Å². The first-order chi connectivity index (χ1) is 12.4. The highest BCUT2D eigenvalue weighted by Gasteiger charge is 2.32. The van der Waals surface area contributed by atoms with Crippen molar-refractivity contribution in [1.82, 2.24) is 19.8 Å². The van der Waals surface area contributed by atoms with E-state index in [4.69, 9.17) is 0 Å². The standard InChI is InChI=1S/C18H24N4O3S/c1-15(13-21-8-7-19-14-21)20-18(23)17(16-5-3-2-4-6-16)22-9-11-26(24,25)12-10-22/h2-8,14-15,17H,9-13H2,1H3,(H,20,23). The Labute approximate surface area is 154 Å². The van der Waals surface area contributed by atoms with Gasteiger partial charge in [0.15, 0.2) is 9.84 Å². The summed E-state index contributed by atoms with van der Waals surface area (Å²) in [7, 11) is -3.00. The molecule has 1 aromatic heterocycles. The van der Waals surface area contributed by atoms with Gasteiger partial charge in [0, 0.05) is 38.1 Å². The van der Waals surface area contributed by atoms with E-state index in [-0.39, 0.29) is 23.5 Å². The summed E-state index contributed by atoms with van der Waals surface area (Å²) in [5.74, 6) is 0.0747. The van der Waals surface area contributed by atoms with Crippen molar-refractivity contribution in [2.75, 3.05) is 24.6 Å². The first-order valence-electron chi connectivity index (χ1n) is 8.70. The normalized spacial score (nSPS) is 19.6. The van der Waals surface area contributed by atoms with Crippen LogP contribution in [0.4, 0.5) is 0 Å². The molecule has 0 saturated carbocycles. The van der Waals surface area contributed by atoms with Crippen molar-refractivity contribution in [3.63, 3.8) is 0 Å². The van der Waals surface area contributed by atoms with Crippen LogP contribution in [0.3, 0.4) is 0 Å². The molecule has 0 spiro atoms. The summed E-state index contributed by atoms with van der Waals surface area (Å²) >= 11 is 0. The number of hydrogen-bond donors (Lipinski definition) is 1. The highest BCUT2D eigenvalue weighted by Crippen LogP contribution is 2.23. The SMILES string of the molecule is CC(Cn1ccnc1)NC(=O)C(c1ccccc1)N1CCS(=O)(=O)CC1. The fourth-order valence-corrected chi connectivity index (χ4v) is 4.46. The van der Waals surface area contributed by atoms with E-state index in [1.165, 1.54) is 0 Å². The number of aromatic nitrogens is 2. The van der Waals surface area contributed by atoms with Gasteiger partial charge in [-0.15, -0.1) is 0 Å². The first-order valence-corrected chi connectivity index (χ1v) is 10.5. The van der Waals surface area contributed by atoms with E-state index in [0.717, 1.165) is 5.56 Å². The lowest BCUT2D eigenvalue weighted by Gasteiger charge is -2.34. The topological polar surface area (TPSA) is 84.3 Å². The summed E-state index contributed by atoms with van der Waals surface area (Å²) in [4.78, 5) is 19.0. The zero-order valence-electron chi connectivity index (χ0n) is 14.8. The van der Waals surface area contributed by atoms with Crippen molar-refractivity contribution in [2.24, 2.45) is 0 Å². The number of benzene rings is 1. The average molecular weight is 376 g/mol. The molecule has 7 nitrogen and oxygen atoms in total. The van der Waals surface area contributed by atoms with Gasteiger partial charge in [0.1, 0.15) is 6.04 Å². The Morgan fingerprint density at radius 2 is 1.92 bits per heavy atom. The number of carbonyl (C=O) groups excluding carboxylic acids is 1. The van der Waals surface area contributed by atoms with Crippen LogP contribution in [-0.4, -0.2) is 59.4 Å². The van der Waals surface area contributed by atoms with Crippen LogP contribution < -0.4 is 5.32 Å². The minimum absolute atomic E-state index is 0.0727. The lowest BCUT2D eigenvalue weighted by atomic mass is 10.0. The zero-order chi connectivity index (χ0) is 18.6. The highest BCUT2D eigenvalue weighted by molar-refractivity contribution is 7.91. The maximum absolute atomic E-state index is 13.0. The predicted molar refractivity (Wildman–Crippen MR) is 99.2 cm³/mol. The van der Waals surface area contributed by atoms with Crippen molar-refractivity contribution in [1.29, 1.82) is 0 Å². The third-order valence-electron chi connectivity index (χ3n) is 4.54. The fourth-order valence-electron chi connectivity index (χ4n) is 3.23. The van der Waals surface area contributed by atoms with Gasteiger partial charge in [-0.05, 0) is 12.5 Å². The van der Waals surface area contributed by atoms with E-state index in [0.29, 0.717) is 19.6 Å². The Balaban J connectivity index is 1.73. The molecule has 1 aliphatic heterocycles. The predicted octanol–water partition coefficient (Wildman–Crippen LogP) is 0.860. The fraction of sp³-hybridized carbons (Fsp3) is 0.444. The van der Waals surface area contributed by atoms with E-state index in [9.17, 15) is 13.2 Å². The maximum atomic E-state index is 13.0. The second-order valence-corrected chi connectivity index (χ2v) is 8.97. The smallest absolute Gasteiger partial charge is 0.242 e. The molecule has 0 aliphatic carbocycles. The molecule has 1 aliphatic rings. The molecule has 26 heavy (non-hydrogen) atoms. The summed E-state index contributed by atoms with van der Waals surface area (Å²) in [6, 6.07) is 8.95. The van der Waals surface area contributed by atoms with Gasteiger partial charge in [-0.25, -0.2) is 13.4 Å². The number of carbonyl (C=O) groups is 1. The zero-order valence-corrected chi connectivity index (χ0v) is 15.6. The van der Waals surface area contributed by atoms with Gasteiger partial charge in [-0.3, -0.25) is 9.69 Å². The molecular formula is C18H24N4O3S. The quantitative estimate of drug-likeness (QED) is 0.808. The molecule has 2 aromatic rings. The van der Waals surface area contributed by atoms with Crippen LogP contribution in [0.1, 0.15) is 18.5 Å². The maximum Gasteiger partial charge on any atom is 0.242 e. The number of hydrogen-bond acceptors (Lipinski definition) is 5. The van der Waals surface area contributed by atoms with Gasteiger partial charge >= 0.3 is 0 Å². The summed E-state index contributed by atoms with van der Waals surface area (Å²) < 4.78 is 25.4. The van der Waals surface area contributed by atoms with E-state index in [2.05, 4.69) is 10.3 Å². The summed E-state index contributed by atoms with van der Waals surface area (Å²) in [5, 5.41) is 3.06. The lowest BCUT2D eigenvalue weighted by Crippen LogP contribution is -2.49. The van der Waals surface area contributed by atoms with Crippen LogP contribution in [0.5, 0.6) is 0 Å². The number of imidazole rings is 1. The third kappa shape index (κ3) is 4.70. The Bertz CT molecular complexity index is 807. The van der Waals surface area contributed by atoms with Gasteiger partial charge in [-0.2, -0.15) is 0 Å². The molecule has 0 radical (unpaired) electrons. The second kappa shape index (κ2) is 8.01.